The molecule has 1 heterocycles. The Hall–Kier alpha value is 0.570. The summed E-state index contributed by atoms with van der Waals surface area (Å²) >= 11 is 14.8. The third-order valence-corrected chi connectivity index (χ3v) is 1.70. The zero-order valence-corrected chi connectivity index (χ0v) is 7.81. The van der Waals surface area contributed by atoms with Crippen molar-refractivity contribution in [2.24, 2.45) is 0 Å². The molecule has 1 aliphatic rings. The molecule has 10 heavy (non-hydrogen) atoms. The standard InChI is InChI=1S/C4H9N.C2HCl3/c1-2-4-5-3-1;3-1-2(4)5/h5H,1-4H2;1H. The van der Waals surface area contributed by atoms with E-state index in [2.05, 4.69) is 5.32 Å². The molecule has 0 spiro atoms. The first-order chi connectivity index (χ1) is 4.77. The average molecular weight is 203 g/mol. The SMILES string of the molecule is C1CCNC1.ClC=C(Cl)Cl. The minimum atomic E-state index is 0.0895. The zero-order valence-electron chi connectivity index (χ0n) is 5.54. The molecule has 0 amide bonds. The number of halogens is 3. The van der Waals surface area contributed by atoms with Gasteiger partial charge in [-0.05, 0) is 25.9 Å². The van der Waals surface area contributed by atoms with Gasteiger partial charge >= 0.3 is 0 Å². The van der Waals surface area contributed by atoms with Gasteiger partial charge in [-0.2, -0.15) is 0 Å². The maximum absolute atomic E-state index is 4.96. The van der Waals surface area contributed by atoms with Gasteiger partial charge in [-0.15, -0.1) is 0 Å². The quantitative estimate of drug-likeness (QED) is 0.637. The first kappa shape index (κ1) is 10.6. The molecule has 60 valence electrons. The topological polar surface area (TPSA) is 12.0 Å². The fourth-order valence-electron chi connectivity index (χ4n) is 0.625. The van der Waals surface area contributed by atoms with Crippen LogP contribution < -0.4 is 5.32 Å². The molecule has 0 atom stereocenters. The van der Waals surface area contributed by atoms with E-state index in [9.17, 15) is 0 Å². The van der Waals surface area contributed by atoms with Crippen molar-refractivity contribution in [3.63, 3.8) is 0 Å². The van der Waals surface area contributed by atoms with E-state index in [0.717, 1.165) is 5.54 Å². The Balaban J connectivity index is 0.000000162. The fraction of sp³-hybridized carbons (Fsp3) is 0.667. The van der Waals surface area contributed by atoms with E-state index in [0.29, 0.717) is 0 Å². The molecule has 1 nitrogen and oxygen atoms in total. The zero-order chi connectivity index (χ0) is 7.82. The summed E-state index contributed by atoms with van der Waals surface area (Å²) in [6.07, 6.45) is 2.78. The predicted octanol–water partition coefficient (Wildman–Crippen LogP) is 2.87. The van der Waals surface area contributed by atoms with Crippen molar-refractivity contribution in [3.05, 3.63) is 10.0 Å². The molecule has 1 fully saturated rings. The van der Waals surface area contributed by atoms with Crippen molar-refractivity contribution < 1.29 is 0 Å². The Morgan fingerprint density at radius 2 is 1.60 bits per heavy atom. The van der Waals surface area contributed by atoms with Crippen LogP contribution in [0, 0.1) is 0 Å². The van der Waals surface area contributed by atoms with Crippen molar-refractivity contribution in [1.29, 1.82) is 0 Å². The number of hydrogen-bond acceptors (Lipinski definition) is 1. The van der Waals surface area contributed by atoms with Gasteiger partial charge < -0.3 is 5.32 Å². The van der Waals surface area contributed by atoms with Gasteiger partial charge in [0.1, 0.15) is 4.49 Å². The van der Waals surface area contributed by atoms with E-state index in [1.54, 1.807) is 0 Å². The Bertz CT molecular complexity index is 87.6. The number of rotatable bonds is 0. The second-order valence-corrected chi connectivity index (χ2v) is 3.08. The number of nitrogens with one attached hydrogen (secondary N) is 1. The smallest absolute Gasteiger partial charge is 0.118 e. The summed E-state index contributed by atoms with van der Waals surface area (Å²) in [7, 11) is 0. The van der Waals surface area contributed by atoms with Crippen molar-refractivity contribution in [2.75, 3.05) is 13.1 Å². The summed E-state index contributed by atoms with van der Waals surface area (Å²) < 4.78 is 0.0895. The third-order valence-electron chi connectivity index (χ3n) is 1.04. The van der Waals surface area contributed by atoms with Gasteiger partial charge in [0.2, 0.25) is 0 Å². The van der Waals surface area contributed by atoms with Crippen molar-refractivity contribution >= 4 is 34.8 Å². The van der Waals surface area contributed by atoms with E-state index in [-0.39, 0.29) is 4.49 Å². The molecule has 0 aromatic carbocycles. The van der Waals surface area contributed by atoms with Gasteiger partial charge in [0.25, 0.3) is 0 Å². The van der Waals surface area contributed by atoms with Crippen molar-refractivity contribution in [2.45, 2.75) is 12.8 Å². The van der Waals surface area contributed by atoms with Gasteiger partial charge in [-0.3, -0.25) is 0 Å². The minimum absolute atomic E-state index is 0.0895. The molecule has 0 aliphatic carbocycles. The summed E-state index contributed by atoms with van der Waals surface area (Å²) in [4.78, 5) is 0. The van der Waals surface area contributed by atoms with Gasteiger partial charge in [0.15, 0.2) is 0 Å². The lowest BCUT2D eigenvalue weighted by atomic mass is 10.4. The van der Waals surface area contributed by atoms with Gasteiger partial charge in [-0.1, -0.05) is 34.8 Å². The van der Waals surface area contributed by atoms with Crippen LogP contribution >= 0.6 is 34.8 Å². The maximum Gasteiger partial charge on any atom is 0.118 e. The molecule has 1 aliphatic heterocycles. The van der Waals surface area contributed by atoms with E-state index in [1.165, 1.54) is 25.9 Å². The lowest BCUT2D eigenvalue weighted by molar-refractivity contribution is 0.857. The van der Waals surface area contributed by atoms with E-state index in [4.69, 9.17) is 34.8 Å². The molecule has 0 aromatic heterocycles. The first-order valence-corrected chi connectivity index (χ1v) is 4.28. The van der Waals surface area contributed by atoms with E-state index < -0.39 is 0 Å². The Morgan fingerprint density at radius 1 is 1.20 bits per heavy atom. The highest BCUT2D eigenvalue weighted by molar-refractivity contribution is 6.58. The summed E-state index contributed by atoms with van der Waals surface area (Å²) in [5.74, 6) is 0. The van der Waals surface area contributed by atoms with E-state index in [1.807, 2.05) is 0 Å². The molecular weight excluding hydrogens is 192 g/mol. The second-order valence-electron chi connectivity index (χ2n) is 1.86. The molecule has 0 aromatic rings. The largest absolute Gasteiger partial charge is 0.317 e. The van der Waals surface area contributed by atoms with Crippen LogP contribution in [0.3, 0.4) is 0 Å². The Morgan fingerprint density at radius 3 is 1.70 bits per heavy atom. The molecule has 1 N–H and O–H groups in total. The van der Waals surface area contributed by atoms with Gasteiger partial charge in [-0.25, -0.2) is 0 Å². The summed E-state index contributed by atoms with van der Waals surface area (Å²) in [5.41, 5.74) is 1.09. The third kappa shape index (κ3) is 8.57. The molecule has 0 unspecified atom stereocenters. The summed E-state index contributed by atoms with van der Waals surface area (Å²) in [5, 5.41) is 3.22. The molecule has 1 saturated heterocycles. The Kier molecular flexibility index (Phi) is 8.11. The molecule has 0 radical (unpaired) electrons. The van der Waals surface area contributed by atoms with Crippen LogP contribution in [0.25, 0.3) is 0 Å². The molecule has 0 bridgehead atoms. The maximum atomic E-state index is 4.96. The van der Waals surface area contributed by atoms with Crippen LogP contribution in [-0.4, -0.2) is 13.1 Å². The predicted molar refractivity (Wildman–Crippen MR) is 47.7 cm³/mol. The van der Waals surface area contributed by atoms with Crippen LogP contribution in [0.2, 0.25) is 0 Å². The van der Waals surface area contributed by atoms with Gasteiger partial charge in [0, 0.05) is 5.54 Å². The van der Waals surface area contributed by atoms with Crippen LogP contribution in [-0.2, 0) is 0 Å². The van der Waals surface area contributed by atoms with Crippen LogP contribution in [0.1, 0.15) is 12.8 Å². The molecule has 0 saturated carbocycles. The minimum Gasteiger partial charge on any atom is -0.317 e. The first-order valence-electron chi connectivity index (χ1n) is 3.09. The average Bonchev–Trinajstić information content (AvgIpc) is 2.43. The number of hydrogen-bond donors (Lipinski definition) is 1. The van der Waals surface area contributed by atoms with Crippen LogP contribution in [0.5, 0.6) is 0 Å². The van der Waals surface area contributed by atoms with Gasteiger partial charge in [0.05, 0.1) is 0 Å². The lowest BCUT2D eigenvalue weighted by Crippen LogP contribution is -2.03. The highest BCUT2D eigenvalue weighted by Crippen LogP contribution is 2.05. The monoisotopic (exact) mass is 201 g/mol. The van der Waals surface area contributed by atoms with Crippen LogP contribution in [0.4, 0.5) is 0 Å². The van der Waals surface area contributed by atoms with E-state index >= 15 is 0 Å². The molecule has 1 rings (SSSR count). The highest BCUT2D eigenvalue weighted by Gasteiger charge is 1.93. The summed E-state index contributed by atoms with van der Waals surface area (Å²) in [6.45, 7) is 2.50. The Labute approximate surface area is 76.3 Å². The fourth-order valence-corrected chi connectivity index (χ4v) is 0.625. The second kappa shape index (κ2) is 7.67. The molecule has 4 heteroatoms. The van der Waals surface area contributed by atoms with Crippen molar-refractivity contribution in [1.82, 2.24) is 5.32 Å². The molecular formula is C6H10Cl3N. The van der Waals surface area contributed by atoms with Crippen molar-refractivity contribution in [3.8, 4) is 0 Å². The lowest BCUT2D eigenvalue weighted by Gasteiger charge is -1.76. The summed E-state index contributed by atoms with van der Waals surface area (Å²) in [6, 6.07) is 0. The highest BCUT2D eigenvalue weighted by atomic mass is 35.5. The normalized spacial score (nSPS) is 15.5. The van der Waals surface area contributed by atoms with Crippen LogP contribution in [0.15, 0.2) is 10.0 Å².